The summed E-state index contributed by atoms with van der Waals surface area (Å²) in [6.07, 6.45) is 3.96. The average molecular weight is 470 g/mol. The van der Waals surface area contributed by atoms with E-state index in [1.54, 1.807) is 0 Å². The molecule has 0 bridgehead atoms. The van der Waals surface area contributed by atoms with E-state index in [9.17, 15) is 4.79 Å². The molecule has 1 aromatic heterocycles. The second-order valence-corrected chi connectivity index (χ2v) is 10.1. The van der Waals surface area contributed by atoms with Gasteiger partial charge in [-0.3, -0.25) is 4.79 Å². The number of fused-ring (bicyclic) bond motifs is 1. The summed E-state index contributed by atoms with van der Waals surface area (Å²) < 4.78 is 8.33. The van der Waals surface area contributed by atoms with Gasteiger partial charge in [-0.15, -0.1) is 0 Å². The Labute approximate surface area is 202 Å². The third-order valence-corrected chi connectivity index (χ3v) is 6.37. The zero-order valence-electron chi connectivity index (χ0n) is 20.5. The number of rotatable bonds is 10. The Hall–Kier alpha value is -2.53. The van der Waals surface area contributed by atoms with Gasteiger partial charge in [0.25, 0.3) is 0 Å². The normalized spacial score (nSPS) is 11.7. The summed E-state index contributed by atoms with van der Waals surface area (Å²) in [5.41, 5.74) is 3.87. The minimum atomic E-state index is -0.337. The number of nitrogens with zero attached hydrogens (tertiary/aromatic N) is 2. The van der Waals surface area contributed by atoms with Crippen molar-refractivity contribution in [2.45, 2.75) is 66.8 Å². The van der Waals surface area contributed by atoms with Crippen LogP contribution in [0.25, 0.3) is 11.0 Å². The molecule has 0 fully saturated rings. The molecule has 178 valence electrons. The van der Waals surface area contributed by atoms with Gasteiger partial charge in [0, 0.05) is 23.4 Å². The fourth-order valence-corrected chi connectivity index (χ4v) is 3.97. The lowest BCUT2D eigenvalue weighted by molar-refractivity contribution is -0.128. The summed E-state index contributed by atoms with van der Waals surface area (Å²) in [6, 6.07) is 12.2. The molecule has 5 nitrogen and oxygen atoms in total. The molecule has 0 aliphatic carbocycles. The summed E-state index contributed by atoms with van der Waals surface area (Å²) in [7, 11) is 0. The predicted octanol–water partition coefficient (Wildman–Crippen LogP) is 6.26. The summed E-state index contributed by atoms with van der Waals surface area (Å²) in [4.78, 5) is 16.9. The van der Waals surface area contributed by atoms with Crippen molar-refractivity contribution in [3.63, 3.8) is 0 Å². The summed E-state index contributed by atoms with van der Waals surface area (Å²) in [5, 5.41) is 3.82. The molecule has 1 N–H and O–H groups in total. The number of unbranched alkanes of at least 4 members (excludes halogenated alkanes) is 2. The van der Waals surface area contributed by atoms with E-state index in [0.29, 0.717) is 6.61 Å². The SMILES string of the molecule is Cc1cc(OCCn2c(CCCCCNC(=O)C(C)(C)C)nc3ccccc32)cc(C)c1Cl. The number of hydrogen-bond acceptors (Lipinski definition) is 3. The molecular formula is C27H36ClN3O2. The lowest BCUT2D eigenvalue weighted by Crippen LogP contribution is -2.35. The molecule has 1 amide bonds. The Morgan fingerprint density at radius 2 is 1.79 bits per heavy atom. The van der Waals surface area contributed by atoms with Crippen molar-refractivity contribution in [1.82, 2.24) is 14.9 Å². The molecule has 3 aromatic rings. The number of para-hydroxylation sites is 2. The molecule has 0 saturated heterocycles. The van der Waals surface area contributed by atoms with Crippen LogP contribution < -0.4 is 10.1 Å². The number of hydrogen-bond donors (Lipinski definition) is 1. The summed E-state index contributed by atoms with van der Waals surface area (Å²) >= 11 is 6.28. The highest BCUT2D eigenvalue weighted by Crippen LogP contribution is 2.26. The molecule has 0 atom stereocenters. The molecule has 0 aliphatic heterocycles. The standard InChI is InChI=1S/C27H36ClN3O2/c1-19-17-21(18-20(2)25(19)28)33-16-15-31-23-12-9-8-11-22(23)30-24(31)13-7-6-10-14-29-26(32)27(3,4)5/h8-9,11-12,17-18H,6-7,10,13-16H2,1-5H3,(H,29,32). The molecule has 6 heteroatoms. The minimum absolute atomic E-state index is 0.107. The monoisotopic (exact) mass is 469 g/mol. The van der Waals surface area contributed by atoms with Crippen LogP contribution in [-0.4, -0.2) is 28.6 Å². The van der Waals surface area contributed by atoms with E-state index in [2.05, 4.69) is 28.1 Å². The maximum atomic E-state index is 12.0. The molecule has 0 radical (unpaired) electrons. The van der Waals surface area contributed by atoms with Gasteiger partial charge in [-0.25, -0.2) is 4.98 Å². The molecule has 1 heterocycles. The van der Waals surface area contributed by atoms with Crippen LogP contribution in [0.15, 0.2) is 36.4 Å². The Morgan fingerprint density at radius 1 is 1.09 bits per heavy atom. The van der Waals surface area contributed by atoms with Crippen molar-refractivity contribution >= 4 is 28.5 Å². The van der Waals surface area contributed by atoms with E-state index in [-0.39, 0.29) is 11.3 Å². The van der Waals surface area contributed by atoms with E-state index in [1.807, 2.05) is 52.8 Å². The van der Waals surface area contributed by atoms with Crippen molar-refractivity contribution < 1.29 is 9.53 Å². The van der Waals surface area contributed by atoms with Crippen LogP contribution in [0.4, 0.5) is 0 Å². The molecule has 2 aromatic carbocycles. The van der Waals surface area contributed by atoms with Crippen LogP contribution in [0.2, 0.25) is 5.02 Å². The number of benzene rings is 2. The van der Waals surface area contributed by atoms with E-state index >= 15 is 0 Å². The second-order valence-electron chi connectivity index (χ2n) is 9.70. The average Bonchev–Trinajstić information content (AvgIpc) is 3.11. The Kier molecular flexibility index (Phi) is 8.41. The second kappa shape index (κ2) is 11.1. The molecule has 0 unspecified atom stereocenters. The van der Waals surface area contributed by atoms with Gasteiger partial charge in [-0.05, 0) is 62.1 Å². The number of amides is 1. The first-order valence-electron chi connectivity index (χ1n) is 11.8. The van der Waals surface area contributed by atoms with E-state index < -0.39 is 0 Å². The number of carbonyl (C=O) groups excluding carboxylic acids is 1. The Balaban J connectivity index is 1.56. The molecule has 33 heavy (non-hydrogen) atoms. The van der Waals surface area contributed by atoms with Crippen molar-refractivity contribution in [3.8, 4) is 5.75 Å². The Morgan fingerprint density at radius 3 is 2.48 bits per heavy atom. The number of imidazole rings is 1. The van der Waals surface area contributed by atoms with Gasteiger partial charge in [0.1, 0.15) is 18.2 Å². The van der Waals surface area contributed by atoms with Gasteiger partial charge in [0.15, 0.2) is 0 Å². The highest BCUT2D eigenvalue weighted by molar-refractivity contribution is 6.32. The maximum absolute atomic E-state index is 12.0. The first-order valence-corrected chi connectivity index (χ1v) is 12.2. The molecule has 3 rings (SSSR count). The molecule has 0 saturated carbocycles. The predicted molar refractivity (Wildman–Crippen MR) is 136 cm³/mol. The third-order valence-electron chi connectivity index (χ3n) is 5.77. The number of ether oxygens (including phenoxy) is 1. The van der Waals surface area contributed by atoms with E-state index in [0.717, 1.165) is 77.5 Å². The quantitative estimate of drug-likeness (QED) is 0.356. The third kappa shape index (κ3) is 6.73. The van der Waals surface area contributed by atoms with Gasteiger partial charge in [-0.1, -0.05) is 50.9 Å². The van der Waals surface area contributed by atoms with Crippen LogP contribution in [0.1, 0.15) is 57.0 Å². The minimum Gasteiger partial charge on any atom is -0.492 e. The van der Waals surface area contributed by atoms with Gasteiger partial charge >= 0.3 is 0 Å². The fraction of sp³-hybridized carbons (Fsp3) is 0.481. The zero-order valence-corrected chi connectivity index (χ0v) is 21.3. The van der Waals surface area contributed by atoms with Crippen LogP contribution in [0.3, 0.4) is 0 Å². The van der Waals surface area contributed by atoms with E-state index in [1.165, 1.54) is 0 Å². The van der Waals surface area contributed by atoms with Crippen molar-refractivity contribution in [3.05, 3.63) is 58.4 Å². The number of aryl methyl sites for hydroxylation is 3. The van der Waals surface area contributed by atoms with Crippen LogP contribution in [0.5, 0.6) is 5.75 Å². The van der Waals surface area contributed by atoms with Gasteiger partial charge in [0.05, 0.1) is 17.6 Å². The molecule has 0 spiro atoms. The number of halogens is 1. The van der Waals surface area contributed by atoms with E-state index in [4.69, 9.17) is 21.3 Å². The number of carbonyl (C=O) groups is 1. The van der Waals surface area contributed by atoms with Crippen LogP contribution in [-0.2, 0) is 17.8 Å². The highest BCUT2D eigenvalue weighted by Gasteiger charge is 2.20. The first-order chi connectivity index (χ1) is 15.7. The Bertz CT molecular complexity index is 1080. The van der Waals surface area contributed by atoms with Crippen molar-refractivity contribution in [1.29, 1.82) is 0 Å². The first kappa shape index (κ1) is 25.1. The van der Waals surface area contributed by atoms with Gasteiger partial charge in [-0.2, -0.15) is 0 Å². The van der Waals surface area contributed by atoms with Gasteiger partial charge in [0.2, 0.25) is 5.91 Å². The smallest absolute Gasteiger partial charge is 0.225 e. The van der Waals surface area contributed by atoms with Crippen LogP contribution in [0, 0.1) is 19.3 Å². The maximum Gasteiger partial charge on any atom is 0.225 e. The lowest BCUT2D eigenvalue weighted by atomic mass is 9.96. The largest absolute Gasteiger partial charge is 0.492 e. The van der Waals surface area contributed by atoms with Crippen molar-refractivity contribution in [2.24, 2.45) is 5.41 Å². The number of nitrogens with one attached hydrogen (secondary N) is 1. The topological polar surface area (TPSA) is 56.1 Å². The number of aromatic nitrogens is 2. The zero-order chi connectivity index (χ0) is 24.0. The van der Waals surface area contributed by atoms with Gasteiger partial charge < -0.3 is 14.6 Å². The summed E-state index contributed by atoms with van der Waals surface area (Å²) in [5.74, 6) is 2.04. The highest BCUT2D eigenvalue weighted by atomic mass is 35.5. The fourth-order valence-electron chi connectivity index (χ4n) is 3.86. The lowest BCUT2D eigenvalue weighted by Gasteiger charge is -2.17. The van der Waals surface area contributed by atoms with Crippen molar-refractivity contribution in [2.75, 3.05) is 13.2 Å². The molecule has 0 aliphatic rings. The summed E-state index contributed by atoms with van der Waals surface area (Å²) in [6.45, 7) is 11.8. The molecular weight excluding hydrogens is 434 g/mol. The van der Waals surface area contributed by atoms with Crippen LogP contribution >= 0.6 is 11.6 Å².